The van der Waals surface area contributed by atoms with Crippen molar-refractivity contribution in [2.45, 2.75) is 46.1 Å². The minimum absolute atomic E-state index is 0.00391. The van der Waals surface area contributed by atoms with Crippen LogP contribution in [0.2, 0.25) is 0 Å². The van der Waals surface area contributed by atoms with Gasteiger partial charge in [-0.2, -0.15) is 16.4 Å². The molecule has 1 aromatic rings. The number of thiophene rings is 1. The summed E-state index contributed by atoms with van der Waals surface area (Å²) in [6.07, 6.45) is 1.62. The Morgan fingerprint density at radius 3 is 2.74 bits per heavy atom. The number of hydrogen-bond acceptors (Lipinski definition) is 4. The Hall–Kier alpha value is -1.69. The highest BCUT2D eigenvalue weighted by Crippen LogP contribution is 2.15. The number of hydrazone groups is 1. The Morgan fingerprint density at radius 1 is 1.39 bits per heavy atom. The Labute approximate surface area is 142 Å². The zero-order valence-corrected chi connectivity index (χ0v) is 15.1. The van der Waals surface area contributed by atoms with Crippen molar-refractivity contribution >= 4 is 28.9 Å². The van der Waals surface area contributed by atoms with Crippen LogP contribution in [0.25, 0.3) is 0 Å². The molecule has 2 amide bonds. The van der Waals surface area contributed by atoms with Crippen molar-refractivity contribution in [1.82, 2.24) is 9.91 Å². The first kappa shape index (κ1) is 17.7. The highest BCUT2D eigenvalue weighted by atomic mass is 32.1. The number of hydrogen-bond donors (Lipinski definition) is 0. The molecule has 1 aliphatic rings. The standard InChI is InChI=1S/C17H25N3O2S/c1-12(2)10-20-16(21)6-5-15(18-20)17(22)19(4)13(3)9-14-7-8-23-11-14/h7-8,11-13H,5-6,9-10H2,1-4H3/t13-/m0/s1. The first-order valence-electron chi connectivity index (χ1n) is 8.04. The van der Waals surface area contributed by atoms with E-state index in [0.29, 0.717) is 31.0 Å². The summed E-state index contributed by atoms with van der Waals surface area (Å²) >= 11 is 1.66. The van der Waals surface area contributed by atoms with E-state index < -0.39 is 0 Å². The van der Waals surface area contributed by atoms with Crippen LogP contribution in [0, 0.1) is 5.92 Å². The minimum Gasteiger partial charge on any atom is -0.338 e. The van der Waals surface area contributed by atoms with E-state index in [1.807, 2.05) is 33.2 Å². The monoisotopic (exact) mass is 335 g/mol. The van der Waals surface area contributed by atoms with E-state index in [9.17, 15) is 9.59 Å². The first-order chi connectivity index (χ1) is 10.9. The van der Waals surface area contributed by atoms with Crippen LogP contribution in [-0.2, 0) is 16.0 Å². The van der Waals surface area contributed by atoms with E-state index in [0.717, 1.165) is 6.42 Å². The topological polar surface area (TPSA) is 53.0 Å². The SMILES string of the molecule is CC(C)CN1N=C(C(=O)N(C)[C@@H](C)Cc2ccsc2)CCC1=O. The molecular weight excluding hydrogens is 310 g/mol. The average Bonchev–Trinajstić information content (AvgIpc) is 3.00. The number of carbonyl (C=O) groups is 2. The van der Waals surface area contributed by atoms with Crippen LogP contribution in [0.3, 0.4) is 0 Å². The van der Waals surface area contributed by atoms with Gasteiger partial charge in [0.05, 0.1) is 0 Å². The lowest BCUT2D eigenvalue weighted by molar-refractivity contribution is -0.132. The normalized spacial score (nSPS) is 16.5. The third-order valence-electron chi connectivity index (χ3n) is 3.98. The fraction of sp³-hybridized carbons (Fsp3) is 0.588. The van der Waals surface area contributed by atoms with E-state index in [2.05, 4.69) is 16.5 Å². The van der Waals surface area contributed by atoms with E-state index in [1.54, 1.807) is 16.2 Å². The lowest BCUT2D eigenvalue weighted by atomic mass is 10.1. The summed E-state index contributed by atoms with van der Waals surface area (Å²) < 4.78 is 0. The Morgan fingerprint density at radius 2 is 2.13 bits per heavy atom. The molecule has 0 aromatic carbocycles. The molecule has 0 saturated heterocycles. The van der Waals surface area contributed by atoms with Gasteiger partial charge in [-0.25, -0.2) is 5.01 Å². The number of carbonyl (C=O) groups excluding carboxylic acids is 2. The molecule has 0 fully saturated rings. The van der Waals surface area contributed by atoms with Crippen molar-refractivity contribution in [3.63, 3.8) is 0 Å². The van der Waals surface area contributed by atoms with Crippen LogP contribution in [-0.4, -0.2) is 47.1 Å². The van der Waals surface area contributed by atoms with Crippen molar-refractivity contribution in [1.29, 1.82) is 0 Å². The van der Waals surface area contributed by atoms with Crippen LogP contribution in [0.15, 0.2) is 21.9 Å². The van der Waals surface area contributed by atoms with Crippen molar-refractivity contribution in [3.8, 4) is 0 Å². The third-order valence-corrected chi connectivity index (χ3v) is 4.71. The van der Waals surface area contributed by atoms with Gasteiger partial charge in [-0.1, -0.05) is 13.8 Å². The van der Waals surface area contributed by atoms with Gasteiger partial charge in [0.2, 0.25) is 5.91 Å². The molecule has 0 aliphatic carbocycles. The van der Waals surface area contributed by atoms with Gasteiger partial charge in [0.15, 0.2) is 0 Å². The number of likely N-dealkylation sites (N-methyl/N-ethyl adjacent to an activating group) is 1. The largest absolute Gasteiger partial charge is 0.338 e. The molecular formula is C17H25N3O2S. The van der Waals surface area contributed by atoms with Gasteiger partial charge >= 0.3 is 0 Å². The molecule has 1 aliphatic heterocycles. The maximum Gasteiger partial charge on any atom is 0.270 e. The molecule has 0 N–H and O–H groups in total. The molecule has 1 atom stereocenters. The lowest BCUT2D eigenvalue weighted by Gasteiger charge is -2.29. The van der Waals surface area contributed by atoms with Gasteiger partial charge in [-0.05, 0) is 41.7 Å². The van der Waals surface area contributed by atoms with Gasteiger partial charge in [-0.3, -0.25) is 9.59 Å². The molecule has 0 saturated carbocycles. The van der Waals surface area contributed by atoms with E-state index >= 15 is 0 Å². The molecule has 2 rings (SSSR count). The summed E-state index contributed by atoms with van der Waals surface area (Å²) in [5, 5.41) is 9.93. The summed E-state index contributed by atoms with van der Waals surface area (Å²) in [7, 11) is 1.81. The second-order valence-corrected chi connectivity index (χ2v) is 7.30. The molecule has 5 nitrogen and oxygen atoms in total. The quantitative estimate of drug-likeness (QED) is 0.803. The highest BCUT2D eigenvalue weighted by molar-refractivity contribution is 7.07. The van der Waals surface area contributed by atoms with E-state index in [1.165, 1.54) is 10.6 Å². The van der Waals surface area contributed by atoms with Gasteiger partial charge in [0.1, 0.15) is 5.71 Å². The second-order valence-electron chi connectivity index (χ2n) is 6.52. The first-order valence-corrected chi connectivity index (χ1v) is 8.98. The molecule has 0 bridgehead atoms. The van der Waals surface area contributed by atoms with Gasteiger partial charge < -0.3 is 4.90 Å². The van der Waals surface area contributed by atoms with Gasteiger partial charge in [0, 0.05) is 32.5 Å². The predicted octanol–water partition coefficient (Wildman–Crippen LogP) is 2.77. The van der Waals surface area contributed by atoms with Crippen LogP contribution in [0.5, 0.6) is 0 Å². The minimum atomic E-state index is -0.0750. The fourth-order valence-corrected chi connectivity index (χ4v) is 3.22. The maximum atomic E-state index is 12.7. The molecule has 0 spiro atoms. The maximum absolute atomic E-state index is 12.7. The summed E-state index contributed by atoms with van der Waals surface area (Å²) in [6.45, 7) is 6.67. The predicted molar refractivity (Wildman–Crippen MR) is 93.5 cm³/mol. The summed E-state index contributed by atoms with van der Waals surface area (Å²) in [6, 6.07) is 2.18. The third kappa shape index (κ3) is 4.64. The summed E-state index contributed by atoms with van der Waals surface area (Å²) in [5.74, 6) is 0.255. The average molecular weight is 335 g/mol. The lowest BCUT2D eigenvalue weighted by Crippen LogP contribution is -2.44. The second kappa shape index (κ2) is 7.73. The Bertz CT molecular complexity index is 581. The van der Waals surface area contributed by atoms with Crippen LogP contribution in [0.4, 0.5) is 0 Å². The molecule has 0 unspecified atom stereocenters. The van der Waals surface area contributed by atoms with Gasteiger partial charge in [0.25, 0.3) is 5.91 Å². The van der Waals surface area contributed by atoms with Crippen LogP contribution < -0.4 is 0 Å². The molecule has 23 heavy (non-hydrogen) atoms. The van der Waals surface area contributed by atoms with E-state index in [4.69, 9.17) is 0 Å². The van der Waals surface area contributed by atoms with Crippen molar-refractivity contribution in [3.05, 3.63) is 22.4 Å². The molecule has 0 radical (unpaired) electrons. The van der Waals surface area contributed by atoms with Crippen molar-refractivity contribution in [2.75, 3.05) is 13.6 Å². The molecule has 2 heterocycles. The molecule has 1 aromatic heterocycles. The zero-order chi connectivity index (χ0) is 17.0. The smallest absolute Gasteiger partial charge is 0.270 e. The Kier molecular flexibility index (Phi) is 5.93. The fourth-order valence-electron chi connectivity index (χ4n) is 2.53. The van der Waals surface area contributed by atoms with Crippen LogP contribution >= 0.6 is 11.3 Å². The highest BCUT2D eigenvalue weighted by Gasteiger charge is 2.28. The summed E-state index contributed by atoms with van der Waals surface area (Å²) in [5.41, 5.74) is 1.73. The number of nitrogens with zero attached hydrogens (tertiary/aromatic N) is 3. The van der Waals surface area contributed by atoms with Crippen LogP contribution in [0.1, 0.15) is 39.2 Å². The molecule has 6 heteroatoms. The Balaban J connectivity index is 2.04. The number of rotatable bonds is 6. The van der Waals surface area contributed by atoms with Crippen molar-refractivity contribution < 1.29 is 9.59 Å². The van der Waals surface area contributed by atoms with Gasteiger partial charge in [-0.15, -0.1) is 0 Å². The van der Waals surface area contributed by atoms with E-state index in [-0.39, 0.29) is 17.9 Å². The molecule has 126 valence electrons. The zero-order valence-electron chi connectivity index (χ0n) is 14.3. The van der Waals surface area contributed by atoms with Crippen molar-refractivity contribution in [2.24, 2.45) is 11.0 Å². The summed E-state index contributed by atoms with van der Waals surface area (Å²) in [4.78, 5) is 26.3. The number of amides is 2.